The fourth-order valence-corrected chi connectivity index (χ4v) is 2.68. The molecule has 0 aliphatic carbocycles. The van der Waals surface area contributed by atoms with Crippen LogP contribution >= 0.6 is 0 Å². The molecule has 21 heavy (non-hydrogen) atoms. The molecule has 118 valence electrons. The van der Waals surface area contributed by atoms with Crippen LogP contribution in [0.4, 0.5) is 5.69 Å². The van der Waals surface area contributed by atoms with Gasteiger partial charge in [-0.2, -0.15) is 12.7 Å². The lowest BCUT2D eigenvalue weighted by Gasteiger charge is -2.18. The van der Waals surface area contributed by atoms with Crippen molar-refractivity contribution >= 4 is 21.9 Å². The lowest BCUT2D eigenvalue weighted by Crippen LogP contribution is -2.33. The molecule has 0 radical (unpaired) electrons. The number of unbranched alkanes of at least 4 members (excludes halogenated alkanes) is 1. The molecule has 6 nitrogen and oxygen atoms in total. The SMILES string of the molecule is CCCCN(C)S(=O)(=O)Nc1ccc(CCC(=O)O)cc1. The van der Waals surface area contributed by atoms with Gasteiger partial charge in [-0.25, -0.2) is 0 Å². The van der Waals surface area contributed by atoms with Crippen LogP contribution in [0.1, 0.15) is 31.7 Å². The number of aryl methyl sites for hydroxylation is 1. The summed E-state index contributed by atoms with van der Waals surface area (Å²) in [7, 11) is -1.99. The summed E-state index contributed by atoms with van der Waals surface area (Å²) in [5, 5.41) is 8.62. The fraction of sp³-hybridized carbons (Fsp3) is 0.500. The van der Waals surface area contributed by atoms with Crippen LogP contribution in [0.3, 0.4) is 0 Å². The largest absolute Gasteiger partial charge is 0.481 e. The van der Waals surface area contributed by atoms with Crippen LogP contribution < -0.4 is 4.72 Å². The summed E-state index contributed by atoms with van der Waals surface area (Å²) in [5.41, 5.74) is 1.33. The second-order valence-electron chi connectivity index (χ2n) is 4.87. The van der Waals surface area contributed by atoms with Gasteiger partial charge in [-0.05, 0) is 30.5 Å². The van der Waals surface area contributed by atoms with Gasteiger partial charge in [0.2, 0.25) is 0 Å². The summed E-state index contributed by atoms with van der Waals surface area (Å²) in [6.07, 6.45) is 2.23. The quantitative estimate of drug-likeness (QED) is 0.730. The van der Waals surface area contributed by atoms with Crippen molar-refractivity contribution in [3.8, 4) is 0 Å². The van der Waals surface area contributed by atoms with E-state index in [1.165, 1.54) is 4.31 Å². The van der Waals surface area contributed by atoms with E-state index < -0.39 is 16.2 Å². The molecule has 2 N–H and O–H groups in total. The molecule has 0 heterocycles. The van der Waals surface area contributed by atoms with Gasteiger partial charge in [0.05, 0.1) is 0 Å². The minimum Gasteiger partial charge on any atom is -0.481 e. The van der Waals surface area contributed by atoms with Crippen LogP contribution in [0.15, 0.2) is 24.3 Å². The van der Waals surface area contributed by atoms with Gasteiger partial charge in [0.1, 0.15) is 0 Å². The lowest BCUT2D eigenvalue weighted by molar-refractivity contribution is -0.136. The number of nitrogens with one attached hydrogen (secondary N) is 1. The van der Waals surface area contributed by atoms with Crippen molar-refractivity contribution in [3.05, 3.63) is 29.8 Å². The molecule has 1 aromatic rings. The minimum absolute atomic E-state index is 0.0603. The standard InChI is InChI=1S/C14H22N2O4S/c1-3-4-11-16(2)21(19,20)15-13-8-5-12(6-9-13)7-10-14(17)18/h5-6,8-9,15H,3-4,7,10-11H2,1-2H3,(H,17,18). The van der Waals surface area contributed by atoms with Crippen LogP contribution in [0, 0.1) is 0 Å². The zero-order valence-corrected chi connectivity index (χ0v) is 13.2. The van der Waals surface area contributed by atoms with Crippen molar-refractivity contribution in [2.45, 2.75) is 32.6 Å². The molecule has 0 aliphatic heterocycles. The highest BCUT2D eigenvalue weighted by molar-refractivity contribution is 7.90. The average molecular weight is 314 g/mol. The second kappa shape index (κ2) is 7.99. The van der Waals surface area contributed by atoms with Crippen molar-refractivity contribution < 1.29 is 18.3 Å². The first-order valence-corrected chi connectivity index (χ1v) is 8.34. The number of hydrogen-bond acceptors (Lipinski definition) is 3. The van der Waals surface area contributed by atoms with Gasteiger partial charge in [-0.15, -0.1) is 0 Å². The highest BCUT2D eigenvalue weighted by atomic mass is 32.2. The van der Waals surface area contributed by atoms with Crippen molar-refractivity contribution in [1.82, 2.24) is 4.31 Å². The Labute approximate surface area is 126 Å². The molecule has 0 fully saturated rings. The maximum Gasteiger partial charge on any atom is 0.303 e. The third-order valence-electron chi connectivity index (χ3n) is 3.07. The zero-order chi connectivity index (χ0) is 15.9. The van der Waals surface area contributed by atoms with E-state index in [1.54, 1.807) is 31.3 Å². The predicted octanol–water partition coefficient (Wildman–Crippen LogP) is 2.09. The molecular formula is C14H22N2O4S. The van der Waals surface area contributed by atoms with E-state index >= 15 is 0 Å². The Kier molecular flexibility index (Phi) is 6.64. The molecule has 0 aliphatic rings. The van der Waals surface area contributed by atoms with E-state index in [2.05, 4.69) is 4.72 Å². The van der Waals surface area contributed by atoms with Crippen molar-refractivity contribution in [2.24, 2.45) is 0 Å². The zero-order valence-electron chi connectivity index (χ0n) is 12.4. The molecule has 0 saturated carbocycles. The average Bonchev–Trinajstić information content (AvgIpc) is 2.43. The fourth-order valence-electron chi connectivity index (χ4n) is 1.72. The van der Waals surface area contributed by atoms with Crippen LogP contribution in [-0.2, 0) is 21.4 Å². The van der Waals surface area contributed by atoms with Crippen molar-refractivity contribution in [2.75, 3.05) is 18.3 Å². The molecule has 0 atom stereocenters. The third kappa shape index (κ3) is 6.14. The Morgan fingerprint density at radius 3 is 2.43 bits per heavy atom. The maximum atomic E-state index is 12.0. The maximum absolute atomic E-state index is 12.0. The summed E-state index contributed by atoms with van der Waals surface area (Å²) in [5.74, 6) is -0.850. The minimum atomic E-state index is -3.53. The van der Waals surface area contributed by atoms with Gasteiger partial charge >= 0.3 is 16.2 Å². The number of anilines is 1. The number of carboxylic acids is 1. The Hall–Kier alpha value is -1.60. The highest BCUT2D eigenvalue weighted by Crippen LogP contribution is 2.14. The van der Waals surface area contributed by atoms with Crippen LogP contribution in [0.25, 0.3) is 0 Å². The smallest absolute Gasteiger partial charge is 0.303 e. The summed E-state index contributed by atoms with van der Waals surface area (Å²) in [6.45, 7) is 2.48. The normalized spacial score (nSPS) is 11.6. The summed E-state index contributed by atoms with van der Waals surface area (Å²) in [4.78, 5) is 10.5. The number of nitrogens with zero attached hydrogens (tertiary/aromatic N) is 1. The monoisotopic (exact) mass is 314 g/mol. The molecular weight excluding hydrogens is 292 g/mol. The number of benzene rings is 1. The second-order valence-corrected chi connectivity index (χ2v) is 6.65. The van der Waals surface area contributed by atoms with E-state index in [9.17, 15) is 13.2 Å². The van der Waals surface area contributed by atoms with Crippen LogP contribution in [0.5, 0.6) is 0 Å². The molecule has 0 saturated heterocycles. The van der Waals surface area contributed by atoms with Gasteiger partial charge in [-0.1, -0.05) is 25.5 Å². The summed E-state index contributed by atoms with van der Waals surface area (Å²) >= 11 is 0. The van der Waals surface area contributed by atoms with E-state index in [0.29, 0.717) is 18.7 Å². The molecule has 0 unspecified atom stereocenters. The van der Waals surface area contributed by atoms with Crippen LogP contribution in [-0.4, -0.2) is 37.4 Å². The third-order valence-corrected chi connectivity index (χ3v) is 4.56. The Morgan fingerprint density at radius 1 is 1.29 bits per heavy atom. The number of carbonyl (C=O) groups is 1. The molecule has 1 rings (SSSR count). The van der Waals surface area contributed by atoms with Gasteiger partial charge in [-0.3, -0.25) is 9.52 Å². The molecule has 0 aromatic heterocycles. The number of carboxylic acid groups (broad SMARTS) is 1. The molecule has 7 heteroatoms. The number of hydrogen-bond donors (Lipinski definition) is 2. The number of aliphatic carboxylic acids is 1. The molecule has 1 aromatic carbocycles. The summed E-state index contributed by atoms with van der Waals surface area (Å²) < 4.78 is 27.9. The van der Waals surface area contributed by atoms with E-state index in [-0.39, 0.29) is 6.42 Å². The first kappa shape index (κ1) is 17.5. The molecule has 0 bridgehead atoms. The highest BCUT2D eigenvalue weighted by Gasteiger charge is 2.16. The van der Waals surface area contributed by atoms with Crippen molar-refractivity contribution in [3.63, 3.8) is 0 Å². The Balaban J connectivity index is 2.64. The predicted molar refractivity (Wildman–Crippen MR) is 82.5 cm³/mol. The Bertz CT molecular complexity index is 555. The van der Waals surface area contributed by atoms with Gasteiger partial charge in [0.15, 0.2) is 0 Å². The first-order valence-electron chi connectivity index (χ1n) is 6.90. The summed E-state index contributed by atoms with van der Waals surface area (Å²) in [6, 6.07) is 6.74. The molecule has 0 amide bonds. The first-order chi connectivity index (χ1) is 9.85. The van der Waals surface area contributed by atoms with E-state index in [4.69, 9.17) is 5.11 Å². The van der Waals surface area contributed by atoms with Gasteiger partial charge < -0.3 is 5.11 Å². The number of rotatable bonds is 9. The molecule has 0 spiro atoms. The van der Waals surface area contributed by atoms with Crippen LogP contribution in [0.2, 0.25) is 0 Å². The van der Waals surface area contributed by atoms with E-state index in [1.807, 2.05) is 6.92 Å². The van der Waals surface area contributed by atoms with Gasteiger partial charge in [0, 0.05) is 25.7 Å². The van der Waals surface area contributed by atoms with Crippen molar-refractivity contribution in [1.29, 1.82) is 0 Å². The van der Waals surface area contributed by atoms with E-state index in [0.717, 1.165) is 18.4 Å². The Morgan fingerprint density at radius 2 is 1.90 bits per heavy atom. The lowest BCUT2D eigenvalue weighted by atomic mass is 10.1. The topological polar surface area (TPSA) is 86.7 Å². The van der Waals surface area contributed by atoms with Gasteiger partial charge in [0.25, 0.3) is 0 Å².